The highest BCUT2D eigenvalue weighted by Gasteiger charge is 2.20. The van der Waals surface area contributed by atoms with Crippen molar-refractivity contribution in [1.29, 1.82) is 0 Å². The number of halogens is 2. The second-order valence-electron chi connectivity index (χ2n) is 5.01. The van der Waals surface area contributed by atoms with Crippen LogP contribution in [0.3, 0.4) is 0 Å². The Kier molecular flexibility index (Phi) is 4.59. The molecule has 0 aliphatic heterocycles. The van der Waals surface area contributed by atoms with Crippen molar-refractivity contribution in [2.24, 2.45) is 0 Å². The first-order chi connectivity index (χ1) is 11.7. The zero-order valence-corrected chi connectivity index (χ0v) is 12.6. The fraction of sp³-hybridized carbons (Fsp3) is 0.118. The maximum Gasteiger partial charge on any atom is 0.257 e. The highest BCUT2D eigenvalue weighted by atomic mass is 19.1. The molecule has 0 aliphatic carbocycles. The molecule has 0 saturated heterocycles. The lowest BCUT2D eigenvalue weighted by Crippen LogP contribution is -2.19. The second-order valence-corrected chi connectivity index (χ2v) is 5.01. The summed E-state index contributed by atoms with van der Waals surface area (Å²) >= 11 is 0. The fourth-order valence-corrected chi connectivity index (χ4v) is 2.39. The predicted molar refractivity (Wildman–Crippen MR) is 84.9 cm³/mol. The first-order valence-electron chi connectivity index (χ1n) is 7.18. The van der Waals surface area contributed by atoms with Crippen LogP contribution in [0.25, 0.3) is 16.1 Å². The van der Waals surface area contributed by atoms with Gasteiger partial charge >= 0.3 is 0 Å². The molecule has 1 N–H and O–H groups in total. The molecule has 0 bridgehead atoms. The van der Waals surface area contributed by atoms with E-state index in [-0.39, 0.29) is 12.1 Å². The molecule has 3 rings (SSSR count). The molecule has 0 aliphatic rings. The lowest BCUT2D eigenvalue weighted by molar-refractivity contribution is 0.508. The molecule has 5 nitrogen and oxygen atoms in total. The van der Waals surface area contributed by atoms with Crippen LogP contribution >= 0.6 is 0 Å². The summed E-state index contributed by atoms with van der Waals surface area (Å²) in [4.78, 5) is 7.08. The van der Waals surface area contributed by atoms with Gasteiger partial charge in [0.15, 0.2) is 0 Å². The van der Waals surface area contributed by atoms with Crippen molar-refractivity contribution in [3.05, 3.63) is 77.5 Å². The minimum Gasteiger partial charge on any atom is -0.294 e. The highest BCUT2D eigenvalue weighted by molar-refractivity contribution is 5.71. The normalized spacial score (nSPS) is 10.5. The summed E-state index contributed by atoms with van der Waals surface area (Å²) in [5.74, 6) is -1.77. The molecule has 0 radical (unpaired) electrons. The number of nitrogens with one attached hydrogen (secondary N) is 1. The average Bonchev–Trinajstić information content (AvgIpc) is 3.09. The molecule has 0 amide bonds. The summed E-state index contributed by atoms with van der Waals surface area (Å²) in [5.41, 5.74) is 0.265. The van der Waals surface area contributed by atoms with Crippen LogP contribution in [0.15, 0.2) is 48.9 Å². The Morgan fingerprint density at radius 3 is 2.75 bits per heavy atom. The zero-order valence-electron chi connectivity index (χ0n) is 12.6. The number of benzene rings is 1. The third-order valence-corrected chi connectivity index (χ3v) is 3.46. The van der Waals surface area contributed by atoms with Crippen molar-refractivity contribution in [3.63, 3.8) is 0 Å². The molecule has 0 atom stereocenters. The lowest BCUT2D eigenvalue weighted by atomic mass is 10.0. The van der Waals surface area contributed by atoms with Crippen LogP contribution in [0.2, 0.25) is 0 Å². The van der Waals surface area contributed by atoms with Crippen LogP contribution in [0.4, 0.5) is 14.5 Å². The molecule has 7 heteroatoms. The molecular weight excluding hydrogens is 312 g/mol. The number of nitrogens with zero attached hydrogens (tertiary/aromatic N) is 4. The van der Waals surface area contributed by atoms with Gasteiger partial charge in [-0.1, -0.05) is 6.07 Å². The van der Waals surface area contributed by atoms with Crippen molar-refractivity contribution in [3.8, 4) is 11.3 Å². The molecule has 3 aromatic rings. The van der Waals surface area contributed by atoms with Gasteiger partial charge < -0.3 is 0 Å². The second kappa shape index (κ2) is 6.98. The maximum atomic E-state index is 14.6. The van der Waals surface area contributed by atoms with Gasteiger partial charge in [0.25, 0.3) is 5.69 Å². The van der Waals surface area contributed by atoms with E-state index < -0.39 is 17.3 Å². The van der Waals surface area contributed by atoms with Crippen LogP contribution < -0.4 is 5.32 Å². The molecule has 1 aromatic carbocycles. The Labute approximate surface area is 137 Å². The van der Waals surface area contributed by atoms with Crippen LogP contribution in [-0.2, 0) is 13.2 Å². The highest BCUT2D eigenvalue weighted by Crippen LogP contribution is 2.34. The number of aromatic nitrogens is 3. The van der Waals surface area contributed by atoms with Crippen molar-refractivity contribution < 1.29 is 8.78 Å². The maximum absolute atomic E-state index is 14.6. The van der Waals surface area contributed by atoms with Crippen molar-refractivity contribution in [1.82, 2.24) is 20.1 Å². The minimum absolute atomic E-state index is 0.135. The molecule has 0 saturated carbocycles. The Bertz CT molecular complexity index is 870. The third-order valence-electron chi connectivity index (χ3n) is 3.46. The standard InChI is InChI=1S/C17H13F2N5/c1-20-17-13(18)9-12(10-21-11-24-8-4-7-23-24)15(16(17)19)14-5-2-3-6-22-14/h2-9,21H,10-11H2. The number of hydrogen-bond donors (Lipinski definition) is 1. The van der Waals surface area contributed by atoms with Gasteiger partial charge in [-0.2, -0.15) is 5.10 Å². The largest absolute Gasteiger partial charge is 0.294 e. The first kappa shape index (κ1) is 15.8. The summed E-state index contributed by atoms with van der Waals surface area (Å²) in [6.45, 7) is 7.58. The molecular formula is C17H13F2N5. The van der Waals surface area contributed by atoms with Gasteiger partial charge in [-0.3, -0.25) is 15.0 Å². The number of hydrogen-bond acceptors (Lipinski definition) is 3. The van der Waals surface area contributed by atoms with E-state index in [0.717, 1.165) is 0 Å². The quantitative estimate of drug-likeness (QED) is 0.730. The molecule has 0 fully saturated rings. The Morgan fingerprint density at radius 1 is 1.21 bits per heavy atom. The van der Waals surface area contributed by atoms with E-state index >= 15 is 0 Å². The molecule has 0 unspecified atom stereocenters. The molecule has 24 heavy (non-hydrogen) atoms. The Morgan fingerprint density at radius 2 is 2.08 bits per heavy atom. The topological polar surface area (TPSA) is 47.1 Å². The van der Waals surface area contributed by atoms with Gasteiger partial charge in [0.1, 0.15) is 11.6 Å². The number of rotatable bonds is 5. The van der Waals surface area contributed by atoms with E-state index in [9.17, 15) is 8.78 Å². The van der Waals surface area contributed by atoms with Gasteiger partial charge in [0.05, 0.1) is 18.9 Å². The van der Waals surface area contributed by atoms with E-state index in [0.29, 0.717) is 17.9 Å². The smallest absolute Gasteiger partial charge is 0.257 e. The predicted octanol–water partition coefficient (Wildman–Crippen LogP) is 3.52. The lowest BCUT2D eigenvalue weighted by Gasteiger charge is -2.13. The summed E-state index contributed by atoms with van der Waals surface area (Å²) in [6, 6.07) is 8.00. The Hall–Kier alpha value is -3.11. The first-order valence-corrected chi connectivity index (χ1v) is 7.18. The molecule has 2 heterocycles. The third kappa shape index (κ3) is 3.14. The molecule has 2 aromatic heterocycles. The minimum atomic E-state index is -0.889. The molecule has 120 valence electrons. The number of pyridine rings is 1. The van der Waals surface area contributed by atoms with E-state index in [1.54, 1.807) is 41.3 Å². The van der Waals surface area contributed by atoms with Crippen LogP contribution in [0.5, 0.6) is 0 Å². The van der Waals surface area contributed by atoms with Crippen molar-refractivity contribution >= 4 is 5.69 Å². The van der Waals surface area contributed by atoms with E-state index in [2.05, 4.69) is 20.2 Å². The zero-order chi connectivity index (χ0) is 16.9. The molecule has 0 spiro atoms. The summed E-state index contributed by atoms with van der Waals surface area (Å²) in [7, 11) is 0. The van der Waals surface area contributed by atoms with Crippen molar-refractivity contribution in [2.75, 3.05) is 0 Å². The Balaban J connectivity index is 1.96. The fourth-order valence-electron chi connectivity index (χ4n) is 2.39. The van der Waals surface area contributed by atoms with Gasteiger partial charge in [0, 0.05) is 30.7 Å². The van der Waals surface area contributed by atoms with E-state index in [1.165, 1.54) is 12.3 Å². The van der Waals surface area contributed by atoms with Gasteiger partial charge in [-0.25, -0.2) is 13.6 Å². The van der Waals surface area contributed by atoms with E-state index in [4.69, 9.17) is 6.57 Å². The average molecular weight is 325 g/mol. The summed E-state index contributed by atoms with van der Waals surface area (Å²) in [6.07, 6.45) is 4.94. The SMILES string of the molecule is [C-]#[N+]c1c(F)cc(CNCn2cccn2)c(-c2ccccn2)c1F. The van der Waals surface area contributed by atoms with Crippen molar-refractivity contribution in [2.45, 2.75) is 13.2 Å². The summed E-state index contributed by atoms with van der Waals surface area (Å²) in [5, 5.41) is 7.11. The monoisotopic (exact) mass is 325 g/mol. The van der Waals surface area contributed by atoms with Crippen LogP contribution in [-0.4, -0.2) is 14.8 Å². The van der Waals surface area contributed by atoms with Gasteiger partial charge in [-0.15, -0.1) is 0 Å². The van der Waals surface area contributed by atoms with Crippen LogP contribution in [0.1, 0.15) is 5.56 Å². The van der Waals surface area contributed by atoms with Gasteiger partial charge in [0.2, 0.25) is 0 Å². The summed E-state index contributed by atoms with van der Waals surface area (Å²) < 4.78 is 30.3. The van der Waals surface area contributed by atoms with Gasteiger partial charge in [-0.05, 0) is 29.8 Å². The van der Waals surface area contributed by atoms with Crippen LogP contribution in [0, 0.1) is 18.2 Å². The van der Waals surface area contributed by atoms with E-state index in [1.807, 2.05) is 0 Å².